The normalized spacial score (nSPS) is 18.3. The highest BCUT2D eigenvalue weighted by Crippen LogP contribution is 2.29. The van der Waals surface area contributed by atoms with Crippen LogP contribution in [0.1, 0.15) is 32.4 Å². The molecule has 1 aromatic carbocycles. The highest BCUT2D eigenvalue weighted by molar-refractivity contribution is 5.95. The number of esters is 1. The van der Waals surface area contributed by atoms with Crippen molar-refractivity contribution in [3.63, 3.8) is 0 Å². The van der Waals surface area contributed by atoms with Crippen LogP contribution in [-0.4, -0.2) is 23.2 Å². The van der Waals surface area contributed by atoms with Crippen molar-refractivity contribution >= 4 is 12.0 Å². The van der Waals surface area contributed by atoms with Crippen LogP contribution in [0.3, 0.4) is 0 Å². The van der Waals surface area contributed by atoms with Gasteiger partial charge in [0.25, 0.3) is 0 Å². The number of benzene rings is 1. The summed E-state index contributed by atoms with van der Waals surface area (Å²) in [7, 11) is 0. The molecule has 1 aromatic rings. The Balaban J connectivity index is 2.43. The van der Waals surface area contributed by atoms with Crippen LogP contribution in [0.5, 0.6) is 5.75 Å². The zero-order valence-electron chi connectivity index (χ0n) is 12.1. The van der Waals surface area contributed by atoms with Gasteiger partial charge in [0.05, 0.1) is 17.7 Å². The lowest BCUT2D eigenvalue weighted by atomic mass is 9.95. The lowest BCUT2D eigenvalue weighted by molar-refractivity contribution is -0.143. The molecular weight excluding hydrogens is 272 g/mol. The third kappa shape index (κ3) is 3.34. The number of amides is 2. The summed E-state index contributed by atoms with van der Waals surface area (Å²) in [4.78, 5) is 23.9. The van der Waals surface area contributed by atoms with Crippen molar-refractivity contribution in [3.05, 3.63) is 41.1 Å². The first-order chi connectivity index (χ1) is 9.88. The van der Waals surface area contributed by atoms with Crippen LogP contribution < -0.4 is 10.6 Å². The zero-order valence-corrected chi connectivity index (χ0v) is 12.1. The maximum Gasteiger partial charge on any atom is 0.338 e. The Kier molecular flexibility index (Phi) is 4.16. The molecule has 1 atom stereocenters. The molecular formula is C15H18N2O4. The van der Waals surface area contributed by atoms with Crippen molar-refractivity contribution in [1.29, 1.82) is 0 Å². The molecule has 0 aromatic heterocycles. The Morgan fingerprint density at radius 3 is 2.71 bits per heavy atom. The highest BCUT2D eigenvalue weighted by Gasteiger charge is 2.32. The van der Waals surface area contributed by atoms with E-state index < -0.39 is 18.0 Å². The van der Waals surface area contributed by atoms with E-state index in [0.29, 0.717) is 16.8 Å². The number of hydrogen-bond donors (Lipinski definition) is 3. The van der Waals surface area contributed by atoms with E-state index >= 15 is 0 Å². The molecule has 1 aliphatic heterocycles. The Morgan fingerprint density at radius 2 is 2.10 bits per heavy atom. The van der Waals surface area contributed by atoms with E-state index in [2.05, 4.69) is 10.6 Å². The maximum atomic E-state index is 12.3. The highest BCUT2D eigenvalue weighted by atomic mass is 16.5. The molecule has 2 amide bonds. The lowest BCUT2D eigenvalue weighted by Crippen LogP contribution is -2.45. The topological polar surface area (TPSA) is 87.7 Å². The van der Waals surface area contributed by atoms with E-state index in [0.717, 1.165) is 0 Å². The molecule has 0 saturated carbocycles. The number of hydrogen-bond acceptors (Lipinski definition) is 4. The van der Waals surface area contributed by atoms with Gasteiger partial charge < -0.3 is 20.5 Å². The van der Waals surface area contributed by atoms with E-state index in [1.54, 1.807) is 32.9 Å². The third-order valence-electron chi connectivity index (χ3n) is 3.04. The molecule has 0 radical (unpaired) electrons. The van der Waals surface area contributed by atoms with Crippen LogP contribution in [0.25, 0.3) is 0 Å². The smallest absolute Gasteiger partial charge is 0.338 e. The number of ether oxygens (including phenoxy) is 1. The molecule has 0 aliphatic carbocycles. The van der Waals surface area contributed by atoms with Crippen molar-refractivity contribution < 1.29 is 19.4 Å². The van der Waals surface area contributed by atoms with E-state index in [9.17, 15) is 14.7 Å². The number of phenols is 1. The third-order valence-corrected chi connectivity index (χ3v) is 3.04. The number of carbonyl (C=O) groups excluding carboxylic acids is 2. The van der Waals surface area contributed by atoms with Gasteiger partial charge in [0, 0.05) is 5.70 Å². The Bertz CT molecular complexity index is 607. The summed E-state index contributed by atoms with van der Waals surface area (Å²) in [5.74, 6) is -0.433. The van der Waals surface area contributed by atoms with E-state index in [1.165, 1.54) is 12.1 Å². The van der Waals surface area contributed by atoms with Crippen molar-refractivity contribution in [1.82, 2.24) is 10.6 Å². The summed E-state index contributed by atoms with van der Waals surface area (Å²) in [5.41, 5.74) is 1.38. The van der Waals surface area contributed by atoms with Gasteiger partial charge in [-0.3, -0.25) is 0 Å². The minimum absolute atomic E-state index is 0.0644. The van der Waals surface area contributed by atoms with Gasteiger partial charge in [-0.15, -0.1) is 0 Å². The number of allylic oxidation sites excluding steroid dienone is 1. The number of rotatable bonds is 3. The quantitative estimate of drug-likeness (QED) is 0.743. The second-order valence-corrected chi connectivity index (χ2v) is 5.12. The van der Waals surface area contributed by atoms with Crippen molar-refractivity contribution in [2.24, 2.45) is 0 Å². The molecule has 0 spiro atoms. The predicted molar refractivity (Wildman–Crippen MR) is 76.4 cm³/mol. The van der Waals surface area contributed by atoms with Gasteiger partial charge in [0.2, 0.25) is 0 Å². The summed E-state index contributed by atoms with van der Waals surface area (Å²) >= 11 is 0. The fourth-order valence-electron chi connectivity index (χ4n) is 2.20. The Morgan fingerprint density at radius 1 is 1.38 bits per heavy atom. The Labute approximate surface area is 122 Å². The van der Waals surface area contributed by atoms with Gasteiger partial charge in [-0.05, 0) is 38.5 Å². The van der Waals surface area contributed by atoms with Gasteiger partial charge >= 0.3 is 12.0 Å². The molecule has 0 saturated heterocycles. The largest absolute Gasteiger partial charge is 0.508 e. The maximum absolute atomic E-state index is 12.3. The molecule has 6 heteroatoms. The number of urea groups is 1. The van der Waals surface area contributed by atoms with Crippen LogP contribution in [0, 0.1) is 0 Å². The molecule has 0 bridgehead atoms. The summed E-state index contributed by atoms with van der Waals surface area (Å²) in [6, 6.07) is 5.35. The minimum Gasteiger partial charge on any atom is -0.508 e. The average molecular weight is 290 g/mol. The van der Waals surface area contributed by atoms with Crippen LogP contribution in [0.15, 0.2) is 35.5 Å². The molecule has 3 N–H and O–H groups in total. The molecule has 0 unspecified atom stereocenters. The fourth-order valence-corrected chi connectivity index (χ4v) is 2.20. The van der Waals surface area contributed by atoms with Gasteiger partial charge in [0.15, 0.2) is 0 Å². The number of aromatic hydroxyl groups is 1. The molecule has 1 heterocycles. The number of nitrogens with one attached hydrogen (secondary N) is 2. The van der Waals surface area contributed by atoms with Gasteiger partial charge in [-0.2, -0.15) is 0 Å². The molecule has 6 nitrogen and oxygen atoms in total. The summed E-state index contributed by atoms with van der Waals surface area (Å²) < 4.78 is 5.23. The number of phenolic OH excluding ortho intramolecular Hbond substituents is 1. The van der Waals surface area contributed by atoms with E-state index in [1.807, 2.05) is 0 Å². The summed E-state index contributed by atoms with van der Waals surface area (Å²) in [6.07, 6.45) is -0.264. The SMILES string of the molecule is CC1=C(C(=O)OC(C)C)[C@H](c2cccc(O)c2)NC(=O)N1. The summed E-state index contributed by atoms with van der Waals surface area (Å²) in [5, 5.41) is 14.8. The van der Waals surface area contributed by atoms with E-state index in [4.69, 9.17) is 4.74 Å². The van der Waals surface area contributed by atoms with Gasteiger partial charge in [-0.1, -0.05) is 12.1 Å². The first-order valence-electron chi connectivity index (χ1n) is 6.66. The molecule has 112 valence electrons. The fraction of sp³-hybridized carbons (Fsp3) is 0.333. The second-order valence-electron chi connectivity index (χ2n) is 5.12. The van der Waals surface area contributed by atoms with Crippen LogP contribution in [0.2, 0.25) is 0 Å². The number of carbonyl (C=O) groups is 2. The molecule has 0 fully saturated rings. The lowest BCUT2D eigenvalue weighted by Gasteiger charge is -2.28. The van der Waals surface area contributed by atoms with Crippen molar-refractivity contribution in [2.45, 2.75) is 32.9 Å². The van der Waals surface area contributed by atoms with Crippen molar-refractivity contribution in [3.8, 4) is 5.75 Å². The zero-order chi connectivity index (χ0) is 15.6. The second kappa shape index (κ2) is 5.87. The predicted octanol–water partition coefficient (Wildman–Crippen LogP) is 1.97. The van der Waals surface area contributed by atoms with Gasteiger partial charge in [0.1, 0.15) is 5.75 Å². The van der Waals surface area contributed by atoms with Crippen molar-refractivity contribution in [2.75, 3.05) is 0 Å². The Hall–Kier alpha value is -2.50. The van der Waals surface area contributed by atoms with Crippen LogP contribution >= 0.6 is 0 Å². The average Bonchev–Trinajstić information content (AvgIpc) is 2.36. The van der Waals surface area contributed by atoms with E-state index in [-0.39, 0.29) is 11.9 Å². The monoisotopic (exact) mass is 290 g/mol. The molecule has 1 aliphatic rings. The first-order valence-corrected chi connectivity index (χ1v) is 6.66. The first kappa shape index (κ1) is 14.9. The standard InChI is InChI=1S/C15H18N2O4/c1-8(2)21-14(19)12-9(3)16-15(20)17-13(12)10-5-4-6-11(18)7-10/h4-8,13,18H,1-3H3,(H2,16,17,20)/t13-/m0/s1. The van der Waals surface area contributed by atoms with Gasteiger partial charge in [-0.25, -0.2) is 9.59 Å². The molecule has 21 heavy (non-hydrogen) atoms. The minimum atomic E-state index is -0.655. The summed E-state index contributed by atoms with van der Waals surface area (Å²) in [6.45, 7) is 5.16. The molecule has 2 rings (SSSR count). The van der Waals surface area contributed by atoms with Crippen LogP contribution in [0.4, 0.5) is 4.79 Å². The van der Waals surface area contributed by atoms with Crippen LogP contribution in [-0.2, 0) is 9.53 Å².